The van der Waals surface area contributed by atoms with Crippen LogP contribution < -0.4 is 5.73 Å². The average molecular weight is 342 g/mol. The summed E-state index contributed by atoms with van der Waals surface area (Å²) in [6.45, 7) is 0.681. The molecule has 2 rings (SSSR count). The van der Waals surface area contributed by atoms with Crippen molar-refractivity contribution in [2.24, 2.45) is 11.7 Å². The zero-order valence-corrected chi connectivity index (χ0v) is 13.9. The summed E-state index contributed by atoms with van der Waals surface area (Å²) >= 11 is 3.65. The van der Waals surface area contributed by atoms with Crippen molar-refractivity contribution in [3.8, 4) is 0 Å². The van der Waals surface area contributed by atoms with Crippen LogP contribution in [0.1, 0.15) is 37.2 Å². The van der Waals surface area contributed by atoms with E-state index in [1.54, 1.807) is 14.2 Å². The van der Waals surface area contributed by atoms with Crippen molar-refractivity contribution in [2.75, 3.05) is 20.8 Å². The maximum Gasteiger partial charge on any atom is 0.167 e. The van der Waals surface area contributed by atoms with E-state index in [2.05, 4.69) is 34.1 Å². The fourth-order valence-electron chi connectivity index (χ4n) is 3.32. The summed E-state index contributed by atoms with van der Waals surface area (Å²) in [5, 5.41) is 0. The first kappa shape index (κ1) is 16.0. The number of ether oxygens (including phenoxy) is 2. The van der Waals surface area contributed by atoms with Crippen molar-refractivity contribution in [1.82, 2.24) is 0 Å². The SMILES string of the molecule is COC1(OC)CCC(C(CN)c2ccccc2Br)CC1. The van der Waals surface area contributed by atoms with Crippen LogP contribution >= 0.6 is 15.9 Å². The van der Waals surface area contributed by atoms with E-state index in [1.165, 1.54) is 5.56 Å². The summed E-state index contributed by atoms with van der Waals surface area (Å²) in [5.41, 5.74) is 7.38. The molecule has 0 saturated heterocycles. The van der Waals surface area contributed by atoms with Gasteiger partial charge in [-0.15, -0.1) is 0 Å². The van der Waals surface area contributed by atoms with Crippen molar-refractivity contribution >= 4 is 15.9 Å². The molecular weight excluding hydrogens is 318 g/mol. The Morgan fingerprint density at radius 2 is 1.85 bits per heavy atom. The molecule has 1 aliphatic carbocycles. The van der Waals surface area contributed by atoms with Crippen LogP contribution in [0.5, 0.6) is 0 Å². The first-order chi connectivity index (χ1) is 9.65. The van der Waals surface area contributed by atoms with Crippen molar-refractivity contribution in [1.29, 1.82) is 0 Å². The molecular formula is C16H24BrNO2. The molecule has 0 heterocycles. The fraction of sp³-hybridized carbons (Fsp3) is 0.625. The van der Waals surface area contributed by atoms with Gasteiger partial charge in [0.2, 0.25) is 0 Å². The van der Waals surface area contributed by atoms with Gasteiger partial charge in [0.05, 0.1) is 0 Å². The van der Waals surface area contributed by atoms with Crippen LogP contribution in [0.25, 0.3) is 0 Å². The molecule has 1 aromatic carbocycles. The Bertz CT molecular complexity index is 424. The number of methoxy groups -OCH3 is 2. The van der Waals surface area contributed by atoms with E-state index in [1.807, 2.05) is 6.07 Å². The molecule has 4 heteroatoms. The van der Waals surface area contributed by atoms with Gasteiger partial charge in [0.15, 0.2) is 5.79 Å². The topological polar surface area (TPSA) is 44.5 Å². The van der Waals surface area contributed by atoms with E-state index >= 15 is 0 Å². The van der Waals surface area contributed by atoms with Crippen LogP contribution in [0.4, 0.5) is 0 Å². The lowest BCUT2D eigenvalue weighted by Gasteiger charge is -2.40. The van der Waals surface area contributed by atoms with Crippen LogP contribution in [0.15, 0.2) is 28.7 Å². The Hall–Kier alpha value is -0.420. The van der Waals surface area contributed by atoms with Gasteiger partial charge in [0.1, 0.15) is 0 Å². The standard InChI is InChI=1S/C16H24BrNO2/c1-19-16(20-2)9-7-12(8-10-16)14(11-18)13-5-3-4-6-15(13)17/h3-6,12,14H,7-11,18H2,1-2H3. The van der Waals surface area contributed by atoms with Crippen LogP contribution in [0.3, 0.4) is 0 Å². The highest BCUT2D eigenvalue weighted by Gasteiger charge is 2.38. The van der Waals surface area contributed by atoms with Crippen LogP contribution in [-0.2, 0) is 9.47 Å². The number of hydrogen-bond donors (Lipinski definition) is 1. The second kappa shape index (κ2) is 7.03. The fourth-order valence-corrected chi connectivity index (χ4v) is 3.90. The van der Waals surface area contributed by atoms with Crippen LogP contribution in [0, 0.1) is 5.92 Å². The third-order valence-corrected chi connectivity index (χ3v) is 5.39. The molecule has 0 spiro atoms. The minimum Gasteiger partial charge on any atom is -0.353 e. The van der Waals surface area contributed by atoms with Crippen molar-refractivity contribution in [3.63, 3.8) is 0 Å². The summed E-state index contributed by atoms with van der Waals surface area (Å²) in [4.78, 5) is 0. The molecule has 2 N–H and O–H groups in total. The van der Waals surface area contributed by atoms with Crippen molar-refractivity contribution < 1.29 is 9.47 Å². The largest absolute Gasteiger partial charge is 0.353 e. The quantitative estimate of drug-likeness (QED) is 0.831. The molecule has 1 aromatic rings. The molecule has 1 atom stereocenters. The Morgan fingerprint density at radius 3 is 2.35 bits per heavy atom. The first-order valence-electron chi connectivity index (χ1n) is 7.20. The maximum absolute atomic E-state index is 6.05. The normalized spacial score (nSPS) is 20.8. The molecule has 0 radical (unpaired) electrons. The highest BCUT2D eigenvalue weighted by Crippen LogP contribution is 2.42. The summed E-state index contributed by atoms with van der Waals surface area (Å²) in [5.74, 6) is 0.609. The monoisotopic (exact) mass is 341 g/mol. The zero-order valence-electron chi connectivity index (χ0n) is 12.3. The van der Waals surface area contributed by atoms with Gasteiger partial charge in [-0.25, -0.2) is 0 Å². The number of nitrogens with two attached hydrogens (primary N) is 1. The summed E-state index contributed by atoms with van der Waals surface area (Å²) in [6.07, 6.45) is 4.05. The van der Waals surface area contributed by atoms with E-state index in [9.17, 15) is 0 Å². The van der Waals surface area contributed by atoms with E-state index in [4.69, 9.17) is 15.2 Å². The van der Waals surface area contributed by atoms with Gasteiger partial charge in [-0.05, 0) is 36.9 Å². The predicted molar refractivity (Wildman–Crippen MR) is 84.6 cm³/mol. The van der Waals surface area contributed by atoms with E-state index in [0.717, 1.165) is 30.2 Å². The number of benzene rings is 1. The minimum absolute atomic E-state index is 0.385. The van der Waals surface area contributed by atoms with Crippen molar-refractivity contribution in [3.05, 3.63) is 34.3 Å². The summed E-state index contributed by atoms with van der Waals surface area (Å²) in [7, 11) is 3.47. The molecule has 0 amide bonds. The van der Waals surface area contributed by atoms with Gasteiger partial charge < -0.3 is 15.2 Å². The highest BCUT2D eigenvalue weighted by molar-refractivity contribution is 9.10. The minimum atomic E-state index is -0.385. The van der Waals surface area contributed by atoms with Gasteiger partial charge in [0.25, 0.3) is 0 Å². The third-order valence-electron chi connectivity index (χ3n) is 4.66. The Morgan fingerprint density at radius 1 is 1.25 bits per heavy atom. The smallest absolute Gasteiger partial charge is 0.167 e. The van der Waals surface area contributed by atoms with Gasteiger partial charge in [-0.1, -0.05) is 34.1 Å². The second-order valence-corrected chi connectivity index (χ2v) is 6.37. The molecule has 1 saturated carbocycles. The Kier molecular flexibility index (Phi) is 5.61. The molecule has 1 aliphatic rings. The van der Waals surface area contributed by atoms with Gasteiger partial charge in [-0.2, -0.15) is 0 Å². The number of hydrogen-bond acceptors (Lipinski definition) is 3. The zero-order chi connectivity index (χ0) is 14.6. The Labute approximate surface area is 130 Å². The molecule has 1 unspecified atom stereocenters. The van der Waals surface area contributed by atoms with Crippen LogP contribution in [0.2, 0.25) is 0 Å². The molecule has 0 bridgehead atoms. The third kappa shape index (κ3) is 3.25. The summed E-state index contributed by atoms with van der Waals surface area (Å²) in [6, 6.07) is 8.40. The van der Waals surface area contributed by atoms with Gasteiger partial charge >= 0.3 is 0 Å². The van der Waals surface area contributed by atoms with Crippen LogP contribution in [-0.4, -0.2) is 26.6 Å². The van der Waals surface area contributed by atoms with Gasteiger partial charge in [0, 0.05) is 37.5 Å². The molecule has 0 aliphatic heterocycles. The maximum atomic E-state index is 6.05. The predicted octanol–water partition coefficient (Wildman–Crippen LogP) is 3.67. The first-order valence-corrected chi connectivity index (χ1v) is 8.00. The average Bonchev–Trinajstić information content (AvgIpc) is 2.51. The second-order valence-electron chi connectivity index (χ2n) is 5.52. The van der Waals surface area contributed by atoms with Gasteiger partial charge in [-0.3, -0.25) is 0 Å². The molecule has 3 nitrogen and oxygen atoms in total. The lowest BCUT2D eigenvalue weighted by Crippen LogP contribution is -2.40. The van der Waals surface area contributed by atoms with Crippen molar-refractivity contribution in [2.45, 2.75) is 37.4 Å². The summed E-state index contributed by atoms with van der Waals surface area (Å²) < 4.78 is 12.3. The van der Waals surface area contributed by atoms with E-state index in [-0.39, 0.29) is 5.79 Å². The molecule has 20 heavy (non-hydrogen) atoms. The highest BCUT2D eigenvalue weighted by atomic mass is 79.9. The molecule has 0 aromatic heterocycles. The van der Waals surface area contributed by atoms with E-state index in [0.29, 0.717) is 18.4 Å². The number of halogens is 1. The molecule has 112 valence electrons. The van der Waals surface area contributed by atoms with E-state index < -0.39 is 0 Å². The molecule has 1 fully saturated rings. The number of rotatable bonds is 5. The Balaban J connectivity index is 2.10. The lowest BCUT2D eigenvalue weighted by molar-refractivity contribution is -0.228. The lowest BCUT2D eigenvalue weighted by atomic mass is 9.75.